The van der Waals surface area contributed by atoms with E-state index in [1.54, 1.807) is 0 Å². The van der Waals surface area contributed by atoms with Crippen LogP contribution in [0.15, 0.2) is 42.5 Å². The molecule has 0 fully saturated rings. The number of anilines is 1. The highest BCUT2D eigenvalue weighted by atomic mass is 35.5. The number of fused-ring (bicyclic) bond motifs is 1. The minimum absolute atomic E-state index is 0.0680. The van der Waals surface area contributed by atoms with Crippen molar-refractivity contribution in [3.05, 3.63) is 58.1 Å². The van der Waals surface area contributed by atoms with Crippen molar-refractivity contribution in [2.75, 3.05) is 5.73 Å². The molecule has 2 N–H and O–H groups in total. The zero-order valence-corrected chi connectivity index (χ0v) is 12.4. The highest BCUT2D eigenvalue weighted by Crippen LogP contribution is 2.29. The van der Waals surface area contributed by atoms with Gasteiger partial charge in [-0.25, -0.2) is 4.98 Å². The minimum atomic E-state index is 0.0680. The maximum Gasteiger partial charge on any atom is 0.201 e. The van der Waals surface area contributed by atoms with Crippen LogP contribution in [0.4, 0.5) is 5.95 Å². The summed E-state index contributed by atoms with van der Waals surface area (Å²) in [4.78, 5) is 4.37. The molecule has 20 heavy (non-hydrogen) atoms. The normalized spacial score (nSPS) is 12.8. The maximum absolute atomic E-state index is 6.05. The summed E-state index contributed by atoms with van der Waals surface area (Å²) < 4.78 is 1.99. The van der Waals surface area contributed by atoms with Gasteiger partial charge in [-0.1, -0.05) is 35.3 Å². The first-order valence-corrected chi connectivity index (χ1v) is 7.00. The number of benzene rings is 2. The number of hydrogen-bond acceptors (Lipinski definition) is 2. The number of halogens is 2. The van der Waals surface area contributed by atoms with Gasteiger partial charge < -0.3 is 10.3 Å². The van der Waals surface area contributed by atoms with Crippen molar-refractivity contribution in [1.29, 1.82) is 0 Å². The SMILES string of the molecule is CC(c1ccc(Cl)cc1)n1c(N)nc2cc(Cl)ccc21. The van der Waals surface area contributed by atoms with Crippen molar-refractivity contribution in [3.8, 4) is 0 Å². The van der Waals surface area contributed by atoms with E-state index in [0.717, 1.165) is 21.6 Å². The first kappa shape index (κ1) is 13.3. The van der Waals surface area contributed by atoms with E-state index in [2.05, 4.69) is 11.9 Å². The molecule has 0 spiro atoms. The zero-order chi connectivity index (χ0) is 14.3. The lowest BCUT2D eigenvalue weighted by molar-refractivity contribution is 0.668. The lowest BCUT2D eigenvalue weighted by Crippen LogP contribution is -2.10. The lowest BCUT2D eigenvalue weighted by Gasteiger charge is -2.16. The molecule has 1 unspecified atom stereocenters. The van der Waals surface area contributed by atoms with Crippen LogP contribution in [0, 0.1) is 0 Å². The van der Waals surface area contributed by atoms with E-state index in [9.17, 15) is 0 Å². The van der Waals surface area contributed by atoms with Gasteiger partial charge in [-0.05, 0) is 42.8 Å². The molecule has 1 atom stereocenters. The summed E-state index contributed by atoms with van der Waals surface area (Å²) >= 11 is 11.9. The molecular weight excluding hydrogens is 293 g/mol. The van der Waals surface area contributed by atoms with Crippen LogP contribution < -0.4 is 5.73 Å². The second-order valence-electron chi connectivity index (χ2n) is 4.70. The third kappa shape index (κ3) is 2.23. The molecule has 0 bridgehead atoms. The molecule has 5 heteroatoms. The first-order valence-electron chi connectivity index (χ1n) is 6.24. The van der Waals surface area contributed by atoms with Gasteiger partial charge in [0.15, 0.2) is 0 Å². The Bertz CT molecular complexity index is 763. The summed E-state index contributed by atoms with van der Waals surface area (Å²) in [6.45, 7) is 2.08. The zero-order valence-electron chi connectivity index (χ0n) is 10.8. The smallest absolute Gasteiger partial charge is 0.201 e. The lowest BCUT2D eigenvalue weighted by atomic mass is 10.1. The van der Waals surface area contributed by atoms with Crippen molar-refractivity contribution in [1.82, 2.24) is 9.55 Å². The predicted octanol–water partition coefficient (Wildman–Crippen LogP) is 4.53. The molecule has 0 saturated carbocycles. The van der Waals surface area contributed by atoms with Crippen LogP contribution in [0.5, 0.6) is 0 Å². The van der Waals surface area contributed by atoms with Gasteiger partial charge in [-0.2, -0.15) is 0 Å². The van der Waals surface area contributed by atoms with Gasteiger partial charge >= 0.3 is 0 Å². The maximum atomic E-state index is 6.05. The van der Waals surface area contributed by atoms with Gasteiger partial charge in [0.05, 0.1) is 17.1 Å². The number of hydrogen-bond donors (Lipinski definition) is 1. The van der Waals surface area contributed by atoms with Crippen LogP contribution in [0.3, 0.4) is 0 Å². The molecule has 0 aliphatic heterocycles. The van der Waals surface area contributed by atoms with E-state index in [-0.39, 0.29) is 6.04 Å². The molecule has 0 saturated heterocycles. The average molecular weight is 306 g/mol. The predicted molar refractivity (Wildman–Crippen MR) is 84.4 cm³/mol. The minimum Gasteiger partial charge on any atom is -0.369 e. The molecule has 1 heterocycles. The van der Waals surface area contributed by atoms with Gasteiger partial charge in [0.2, 0.25) is 5.95 Å². The molecule has 0 aliphatic carbocycles. The van der Waals surface area contributed by atoms with Crippen LogP contribution in [-0.4, -0.2) is 9.55 Å². The standard InChI is InChI=1S/C15H13Cl2N3/c1-9(10-2-4-11(16)5-3-10)20-14-7-6-12(17)8-13(14)19-15(20)18/h2-9H,1H3,(H2,18,19). The van der Waals surface area contributed by atoms with Gasteiger partial charge in [-0.15, -0.1) is 0 Å². The van der Waals surface area contributed by atoms with E-state index in [1.807, 2.05) is 47.0 Å². The van der Waals surface area contributed by atoms with Crippen LogP contribution in [0.2, 0.25) is 10.0 Å². The average Bonchev–Trinajstić information content (AvgIpc) is 2.73. The summed E-state index contributed by atoms with van der Waals surface area (Å²) in [5.74, 6) is 0.477. The molecule has 3 aromatic rings. The highest BCUT2D eigenvalue weighted by molar-refractivity contribution is 6.31. The number of rotatable bonds is 2. The molecule has 1 aromatic heterocycles. The first-order chi connectivity index (χ1) is 9.56. The van der Waals surface area contributed by atoms with Crippen LogP contribution in [-0.2, 0) is 0 Å². The van der Waals surface area contributed by atoms with Crippen LogP contribution in [0.25, 0.3) is 11.0 Å². The fraction of sp³-hybridized carbons (Fsp3) is 0.133. The Balaban J connectivity index is 2.13. The molecular formula is C15H13Cl2N3. The quantitative estimate of drug-likeness (QED) is 0.755. The molecule has 2 aromatic carbocycles. The number of nitrogens with two attached hydrogens (primary N) is 1. The Labute approximate surface area is 126 Å². The van der Waals surface area contributed by atoms with Crippen LogP contribution in [0.1, 0.15) is 18.5 Å². The van der Waals surface area contributed by atoms with E-state index in [4.69, 9.17) is 28.9 Å². The van der Waals surface area contributed by atoms with Gasteiger partial charge in [0, 0.05) is 10.0 Å². The summed E-state index contributed by atoms with van der Waals surface area (Å²) in [6, 6.07) is 13.4. The van der Waals surface area contributed by atoms with E-state index >= 15 is 0 Å². The fourth-order valence-electron chi connectivity index (χ4n) is 2.39. The molecule has 0 aliphatic rings. The number of nitrogen functional groups attached to an aromatic ring is 1. The number of aromatic nitrogens is 2. The largest absolute Gasteiger partial charge is 0.369 e. The van der Waals surface area contributed by atoms with Crippen molar-refractivity contribution < 1.29 is 0 Å². The summed E-state index contributed by atoms with van der Waals surface area (Å²) in [6.07, 6.45) is 0. The number of imidazole rings is 1. The Kier molecular flexibility index (Phi) is 3.32. The molecule has 3 nitrogen and oxygen atoms in total. The Hall–Kier alpha value is -1.71. The van der Waals surface area contributed by atoms with Gasteiger partial charge in [0.25, 0.3) is 0 Å². The van der Waals surface area contributed by atoms with Crippen molar-refractivity contribution >= 4 is 40.2 Å². The fourth-order valence-corrected chi connectivity index (χ4v) is 2.68. The van der Waals surface area contributed by atoms with E-state index < -0.39 is 0 Å². The Morgan fingerprint density at radius 2 is 1.70 bits per heavy atom. The molecule has 102 valence electrons. The van der Waals surface area contributed by atoms with Crippen LogP contribution >= 0.6 is 23.2 Å². The topological polar surface area (TPSA) is 43.8 Å². The van der Waals surface area contributed by atoms with Gasteiger partial charge in [0.1, 0.15) is 0 Å². The highest BCUT2D eigenvalue weighted by Gasteiger charge is 2.15. The summed E-state index contributed by atoms with van der Waals surface area (Å²) in [7, 11) is 0. The Morgan fingerprint density at radius 1 is 1.05 bits per heavy atom. The third-order valence-electron chi connectivity index (χ3n) is 3.42. The van der Waals surface area contributed by atoms with Crippen molar-refractivity contribution in [3.63, 3.8) is 0 Å². The molecule has 0 amide bonds. The Morgan fingerprint density at radius 3 is 2.40 bits per heavy atom. The third-order valence-corrected chi connectivity index (χ3v) is 3.91. The van der Waals surface area contributed by atoms with Gasteiger partial charge in [-0.3, -0.25) is 0 Å². The van der Waals surface area contributed by atoms with E-state index in [1.165, 1.54) is 0 Å². The van der Waals surface area contributed by atoms with E-state index in [0.29, 0.717) is 11.0 Å². The molecule has 0 radical (unpaired) electrons. The number of nitrogens with zero attached hydrogens (tertiary/aromatic N) is 2. The second-order valence-corrected chi connectivity index (χ2v) is 5.57. The summed E-state index contributed by atoms with van der Waals surface area (Å²) in [5.41, 5.74) is 8.94. The monoisotopic (exact) mass is 305 g/mol. The summed E-state index contributed by atoms with van der Waals surface area (Å²) in [5, 5.41) is 1.37. The second kappa shape index (κ2) is 5.00. The van der Waals surface area contributed by atoms with Crippen molar-refractivity contribution in [2.45, 2.75) is 13.0 Å². The van der Waals surface area contributed by atoms with Crippen molar-refractivity contribution in [2.24, 2.45) is 0 Å². The molecule has 3 rings (SSSR count).